The fraction of sp³-hybridized carbons (Fsp3) is 0. The van der Waals surface area contributed by atoms with Gasteiger partial charge in [0.25, 0.3) is 0 Å². The van der Waals surface area contributed by atoms with Crippen LogP contribution in [0, 0.1) is 0 Å². The Morgan fingerprint density at radius 2 is 0.852 bits per heavy atom. The number of benzene rings is 8. The van der Waals surface area contributed by atoms with E-state index in [0.717, 1.165) is 44.6 Å². The summed E-state index contributed by atoms with van der Waals surface area (Å²) in [5, 5.41) is 7.47. The number of hydrogen-bond acceptors (Lipinski definition) is 4. The van der Waals surface area contributed by atoms with Crippen LogP contribution in [0.25, 0.3) is 107 Å². The highest BCUT2D eigenvalue weighted by molar-refractivity contribution is 7.26. The highest BCUT2D eigenvalue weighted by atomic mass is 32.1. The van der Waals surface area contributed by atoms with Gasteiger partial charge in [0.2, 0.25) is 0 Å². The van der Waals surface area contributed by atoms with Crippen molar-refractivity contribution in [1.82, 2.24) is 9.97 Å². The molecule has 0 radical (unpaired) electrons. The first kappa shape index (κ1) is 31.1. The largest absolute Gasteiger partial charge is 0.228 e. The minimum atomic E-state index is 0.713. The third-order valence-corrected chi connectivity index (χ3v) is 12.8. The molecule has 2 nitrogen and oxygen atoms in total. The van der Waals surface area contributed by atoms with Gasteiger partial charge >= 0.3 is 0 Å². The van der Waals surface area contributed by atoms with Gasteiger partial charge in [-0.3, -0.25) is 0 Å². The maximum atomic E-state index is 5.45. The second kappa shape index (κ2) is 12.6. The fourth-order valence-corrected chi connectivity index (χ4v) is 10.0. The first-order chi connectivity index (χ1) is 26.7. The van der Waals surface area contributed by atoms with Crippen molar-refractivity contribution in [3.63, 3.8) is 0 Å². The van der Waals surface area contributed by atoms with Crippen molar-refractivity contribution < 1.29 is 0 Å². The number of aromatic nitrogens is 2. The Balaban J connectivity index is 1.18. The van der Waals surface area contributed by atoms with E-state index < -0.39 is 0 Å². The van der Waals surface area contributed by atoms with Gasteiger partial charge in [-0.2, -0.15) is 0 Å². The van der Waals surface area contributed by atoms with Crippen LogP contribution >= 0.6 is 22.7 Å². The Kier molecular flexibility index (Phi) is 7.25. The third kappa shape index (κ3) is 5.22. The summed E-state index contributed by atoms with van der Waals surface area (Å²) in [7, 11) is 0. The number of rotatable bonds is 5. The van der Waals surface area contributed by atoms with Crippen molar-refractivity contribution >= 4 is 73.8 Å². The molecule has 0 saturated carbocycles. The summed E-state index contributed by atoms with van der Waals surface area (Å²) in [6.45, 7) is 0. The van der Waals surface area contributed by atoms with Gasteiger partial charge in [0.15, 0.2) is 5.82 Å². The molecule has 0 fully saturated rings. The molecule has 11 aromatic rings. The third-order valence-electron chi connectivity index (χ3n) is 10.5. The molecule has 0 unspecified atom stereocenters. The Morgan fingerprint density at radius 3 is 1.61 bits per heavy atom. The topological polar surface area (TPSA) is 25.8 Å². The van der Waals surface area contributed by atoms with E-state index in [1.54, 1.807) is 0 Å². The minimum Gasteiger partial charge on any atom is -0.228 e. The van der Waals surface area contributed by atoms with Crippen molar-refractivity contribution in [1.29, 1.82) is 0 Å². The summed E-state index contributed by atoms with van der Waals surface area (Å²) in [5.41, 5.74) is 9.57. The molecule has 3 heterocycles. The van der Waals surface area contributed by atoms with E-state index in [2.05, 4.69) is 182 Å². The Bertz CT molecular complexity index is 3220. The molecule has 11 rings (SSSR count). The van der Waals surface area contributed by atoms with E-state index in [9.17, 15) is 0 Å². The molecule has 0 N–H and O–H groups in total. The molecular weight excluding hydrogens is 693 g/mol. The molecular formula is C50H30N2S2. The molecule has 54 heavy (non-hydrogen) atoms. The van der Waals surface area contributed by atoms with E-state index in [0.29, 0.717) is 5.82 Å². The zero-order valence-corrected chi connectivity index (χ0v) is 30.7. The highest BCUT2D eigenvalue weighted by Gasteiger charge is 2.18. The molecule has 0 atom stereocenters. The van der Waals surface area contributed by atoms with Crippen LogP contribution in [0.5, 0.6) is 0 Å². The van der Waals surface area contributed by atoms with Gasteiger partial charge in [0, 0.05) is 57.0 Å². The fourth-order valence-electron chi connectivity index (χ4n) is 7.87. The number of fused-ring (bicyclic) bond motifs is 7. The van der Waals surface area contributed by atoms with Crippen LogP contribution in [-0.4, -0.2) is 9.97 Å². The molecule has 3 aromatic heterocycles. The van der Waals surface area contributed by atoms with Crippen LogP contribution in [0.2, 0.25) is 0 Å². The number of thiophene rings is 2. The molecule has 4 heteroatoms. The Morgan fingerprint density at radius 1 is 0.296 bits per heavy atom. The molecule has 0 aliphatic rings. The lowest BCUT2D eigenvalue weighted by Gasteiger charge is -2.16. The van der Waals surface area contributed by atoms with Gasteiger partial charge in [0.05, 0.1) is 11.4 Å². The van der Waals surface area contributed by atoms with Crippen molar-refractivity contribution in [3.8, 4) is 56.2 Å². The Labute approximate surface area is 320 Å². The molecule has 0 saturated heterocycles. The quantitative estimate of drug-likeness (QED) is 0.177. The lowest BCUT2D eigenvalue weighted by molar-refractivity contribution is 1.19. The summed E-state index contributed by atoms with van der Waals surface area (Å²) in [5.74, 6) is 0.713. The zero-order chi connectivity index (χ0) is 35.6. The van der Waals surface area contributed by atoms with Crippen molar-refractivity contribution in [3.05, 3.63) is 182 Å². The van der Waals surface area contributed by atoms with Gasteiger partial charge in [-0.25, -0.2) is 9.97 Å². The summed E-state index contributed by atoms with van der Waals surface area (Å²) < 4.78 is 5.21. The standard InChI is InChI=1S/C50H30N2S2/c1-2-12-32(13-3-1)44-30-45(52-50(51-44)40-18-10-14-31-11-4-5-15-36(31)40)41-27-33(34-22-25-48-42(28-34)38-16-6-8-19-46(38)53-48)21-24-37(41)35-23-26-49-43(29-35)39-17-7-9-20-47(39)54-49/h1-30H. The van der Waals surface area contributed by atoms with Crippen molar-refractivity contribution in [2.45, 2.75) is 0 Å². The molecule has 252 valence electrons. The van der Waals surface area contributed by atoms with Crippen LogP contribution in [0.1, 0.15) is 0 Å². The monoisotopic (exact) mass is 722 g/mol. The van der Waals surface area contributed by atoms with E-state index in [1.807, 2.05) is 22.7 Å². The molecule has 0 bridgehead atoms. The highest BCUT2D eigenvalue weighted by Crippen LogP contribution is 2.42. The normalized spacial score (nSPS) is 11.7. The van der Waals surface area contributed by atoms with Crippen LogP contribution in [0.3, 0.4) is 0 Å². The zero-order valence-electron chi connectivity index (χ0n) is 29.0. The van der Waals surface area contributed by atoms with Crippen molar-refractivity contribution in [2.24, 2.45) is 0 Å². The first-order valence-electron chi connectivity index (χ1n) is 18.1. The Hall–Kier alpha value is -6.46. The maximum absolute atomic E-state index is 5.45. The average molecular weight is 723 g/mol. The van der Waals surface area contributed by atoms with E-state index in [4.69, 9.17) is 9.97 Å². The molecule has 0 aliphatic heterocycles. The van der Waals surface area contributed by atoms with Gasteiger partial charge in [-0.15, -0.1) is 22.7 Å². The molecule has 0 amide bonds. The molecule has 0 aliphatic carbocycles. The van der Waals surface area contributed by atoms with Crippen molar-refractivity contribution in [2.75, 3.05) is 0 Å². The maximum Gasteiger partial charge on any atom is 0.161 e. The predicted octanol–water partition coefficient (Wildman–Crippen LogP) is 14.7. The number of nitrogens with zero attached hydrogens (tertiary/aromatic N) is 2. The summed E-state index contributed by atoms with van der Waals surface area (Å²) in [6, 6.07) is 65.6. The van der Waals surface area contributed by atoms with Gasteiger partial charge in [-0.1, -0.05) is 133 Å². The van der Waals surface area contributed by atoms with Crippen LogP contribution in [0.4, 0.5) is 0 Å². The first-order valence-corrected chi connectivity index (χ1v) is 19.8. The second-order valence-electron chi connectivity index (χ2n) is 13.7. The molecule has 8 aromatic carbocycles. The lowest BCUT2D eigenvalue weighted by atomic mass is 9.91. The minimum absolute atomic E-state index is 0.713. The summed E-state index contributed by atoms with van der Waals surface area (Å²) in [6.07, 6.45) is 0. The molecule has 0 spiro atoms. The van der Waals surface area contributed by atoms with E-state index in [1.165, 1.54) is 56.9 Å². The summed E-state index contributed by atoms with van der Waals surface area (Å²) in [4.78, 5) is 10.7. The SMILES string of the molecule is c1ccc(-c2cc(-c3cc(-c4ccc5sc6ccccc6c5c4)ccc3-c3ccc4sc5ccccc5c4c3)nc(-c3cccc4ccccc34)n2)cc1. The van der Waals surface area contributed by atoms with Gasteiger partial charge in [-0.05, 0) is 81.6 Å². The average Bonchev–Trinajstić information content (AvgIpc) is 3.81. The van der Waals surface area contributed by atoms with Crippen LogP contribution in [-0.2, 0) is 0 Å². The smallest absolute Gasteiger partial charge is 0.161 e. The van der Waals surface area contributed by atoms with E-state index >= 15 is 0 Å². The summed E-state index contributed by atoms with van der Waals surface area (Å²) >= 11 is 3.70. The predicted molar refractivity (Wildman–Crippen MR) is 232 cm³/mol. The van der Waals surface area contributed by atoms with Crippen LogP contribution < -0.4 is 0 Å². The van der Waals surface area contributed by atoms with Gasteiger partial charge < -0.3 is 0 Å². The van der Waals surface area contributed by atoms with Gasteiger partial charge in [0.1, 0.15) is 0 Å². The van der Waals surface area contributed by atoms with E-state index in [-0.39, 0.29) is 0 Å². The second-order valence-corrected chi connectivity index (χ2v) is 15.9. The lowest BCUT2D eigenvalue weighted by Crippen LogP contribution is -1.98. The van der Waals surface area contributed by atoms with Crippen LogP contribution in [0.15, 0.2) is 182 Å². The number of hydrogen-bond donors (Lipinski definition) is 0.